The molecule has 3 heterocycles. The van der Waals surface area contributed by atoms with Crippen LogP contribution in [0.4, 0.5) is 18.9 Å². The third-order valence-corrected chi connectivity index (χ3v) is 10.1. The highest BCUT2D eigenvalue weighted by atomic mass is 32.2. The summed E-state index contributed by atoms with van der Waals surface area (Å²) in [4.78, 5) is 8.70. The lowest BCUT2D eigenvalue weighted by Crippen LogP contribution is -2.35. The summed E-state index contributed by atoms with van der Waals surface area (Å²) in [5, 5.41) is 16.6. The molecule has 1 aliphatic rings. The topological polar surface area (TPSA) is 104 Å². The fourth-order valence-corrected chi connectivity index (χ4v) is 7.29. The maximum absolute atomic E-state index is 13.1. The summed E-state index contributed by atoms with van der Waals surface area (Å²) in [5.41, 5.74) is 3.34. The Morgan fingerprint density at radius 2 is 1.67 bits per heavy atom. The molecule has 0 radical (unpaired) electrons. The van der Waals surface area contributed by atoms with E-state index in [4.69, 9.17) is 0 Å². The van der Waals surface area contributed by atoms with E-state index in [9.17, 15) is 26.7 Å². The molecule has 5 aromatic rings. The van der Waals surface area contributed by atoms with Gasteiger partial charge in [-0.15, -0.1) is 11.3 Å². The number of thiazole rings is 1. The lowest BCUT2D eigenvalue weighted by atomic mass is 10.0. The average Bonchev–Trinajstić information content (AvgIpc) is 3.72. The highest BCUT2D eigenvalue weighted by Crippen LogP contribution is 2.33. The van der Waals surface area contributed by atoms with E-state index >= 15 is 0 Å². The van der Waals surface area contributed by atoms with Gasteiger partial charge in [0.2, 0.25) is 0 Å². The second kappa shape index (κ2) is 12.7. The van der Waals surface area contributed by atoms with Gasteiger partial charge < -0.3 is 10.4 Å². The zero-order valence-corrected chi connectivity index (χ0v) is 25.4. The number of nitrogens with one attached hydrogen (secondary N) is 2. The van der Waals surface area contributed by atoms with E-state index in [0.717, 1.165) is 42.5 Å². The van der Waals surface area contributed by atoms with Gasteiger partial charge in [-0.3, -0.25) is 9.71 Å². The van der Waals surface area contributed by atoms with E-state index in [1.165, 1.54) is 35.6 Å². The number of rotatable bonds is 9. The second-order valence-corrected chi connectivity index (χ2v) is 13.5. The van der Waals surface area contributed by atoms with Crippen molar-refractivity contribution in [2.75, 3.05) is 4.72 Å². The van der Waals surface area contributed by atoms with Crippen molar-refractivity contribution in [1.29, 1.82) is 0 Å². The van der Waals surface area contributed by atoms with E-state index in [1.807, 2.05) is 24.3 Å². The Kier molecular flexibility index (Phi) is 8.74. The van der Waals surface area contributed by atoms with Crippen LogP contribution in [0.25, 0.3) is 21.8 Å². The molecular weight excluding hydrogens is 622 g/mol. The number of aromatic nitrogens is 2. The Morgan fingerprint density at radius 1 is 0.956 bits per heavy atom. The number of nitrogens with zero attached hydrogens (tertiary/aromatic N) is 2. The van der Waals surface area contributed by atoms with Crippen molar-refractivity contribution >= 4 is 27.0 Å². The maximum atomic E-state index is 13.1. The molecule has 3 N–H and O–H groups in total. The molecule has 1 aliphatic heterocycles. The number of aliphatic hydroxyl groups excluding tert-OH is 1. The molecule has 1 fully saturated rings. The van der Waals surface area contributed by atoms with Crippen LogP contribution in [0, 0.1) is 0 Å². The van der Waals surface area contributed by atoms with Gasteiger partial charge in [-0.2, -0.15) is 13.2 Å². The quantitative estimate of drug-likeness (QED) is 0.157. The largest absolute Gasteiger partial charge is 0.416 e. The van der Waals surface area contributed by atoms with E-state index in [-0.39, 0.29) is 17.0 Å². The van der Waals surface area contributed by atoms with Gasteiger partial charge in [0.05, 0.1) is 22.3 Å². The summed E-state index contributed by atoms with van der Waals surface area (Å²) in [7, 11) is -3.85. The number of hydrogen-bond acceptors (Lipinski definition) is 7. The summed E-state index contributed by atoms with van der Waals surface area (Å²) in [6.07, 6.45) is 0.849. The molecule has 1 saturated heterocycles. The molecular formula is C33H29F3N4O3S2. The number of benzene rings is 3. The van der Waals surface area contributed by atoms with Crippen LogP contribution < -0.4 is 10.0 Å². The molecule has 6 rings (SSSR count). The SMILES string of the molecule is O=S(=O)(Nc1ccc(C[C@@H]2CC[C@H](C(O)c3cccnc3)N2)cc1)c1ccc(-c2nc(-c3ccc(C(F)(F)F)cc3)cs2)cc1. The Hall–Kier alpha value is -4.10. The van der Waals surface area contributed by atoms with Crippen LogP contribution >= 0.6 is 11.3 Å². The fourth-order valence-electron chi connectivity index (χ4n) is 5.40. The molecule has 12 heteroatoms. The standard InChI is InChI=1S/C33H29F3N4O3S2/c34-33(35,36)25-9-5-22(6-10-25)30-20-44-32(39-30)23-7-14-28(15-8-23)45(42,43)40-26-11-3-21(4-12-26)18-27-13-16-29(38-27)31(41)24-2-1-17-37-19-24/h1-12,14-15,17,19-20,27,29,31,38,40-41H,13,16,18H2/t27-,29+,31?/m0/s1. The number of halogens is 3. The lowest BCUT2D eigenvalue weighted by Gasteiger charge is -2.20. The summed E-state index contributed by atoms with van der Waals surface area (Å²) in [6, 6.07) is 22.2. The average molecular weight is 651 g/mol. The van der Waals surface area contributed by atoms with Gasteiger partial charge in [-0.05, 0) is 67.3 Å². The van der Waals surface area contributed by atoms with Gasteiger partial charge in [0.15, 0.2) is 0 Å². The molecule has 0 bridgehead atoms. The summed E-state index contributed by atoms with van der Waals surface area (Å²) < 4.78 is 67.4. The van der Waals surface area contributed by atoms with Crippen LogP contribution in [0.5, 0.6) is 0 Å². The minimum atomic E-state index is -4.41. The van der Waals surface area contributed by atoms with Crippen molar-refractivity contribution in [3.63, 3.8) is 0 Å². The molecule has 232 valence electrons. The number of anilines is 1. The molecule has 3 aromatic carbocycles. The van der Waals surface area contributed by atoms with Crippen LogP contribution in [0.1, 0.15) is 35.6 Å². The minimum Gasteiger partial charge on any atom is -0.387 e. The normalized spacial score (nSPS) is 17.7. The Labute approximate surface area is 262 Å². The summed E-state index contributed by atoms with van der Waals surface area (Å²) in [5.74, 6) is 0. The van der Waals surface area contributed by atoms with E-state index < -0.39 is 27.9 Å². The second-order valence-electron chi connectivity index (χ2n) is 10.9. The van der Waals surface area contributed by atoms with Crippen molar-refractivity contribution < 1.29 is 26.7 Å². The minimum absolute atomic E-state index is 0.0478. The monoisotopic (exact) mass is 650 g/mol. The predicted molar refractivity (Wildman–Crippen MR) is 168 cm³/mol. The molecule has 45 heavy (non-hydrogen) atoms. The van der Waals surface area contributed by atoms with Crippen molar-refractivity contribution in [3.8, 4) is 21.8 Å². The van der Waals surface area contributed by atoms with E-state index in [0.29, 0.717) is 27.5 Å². The number of hydrogen-bond donors (Lipinski definition) is 3. The predicted octanol–water partition coefficient (Wildman–Crippen LogP) is 7.09. The number of sulfonamides is 1. The first-order valence-corrected chi connectivity index (χ1v) is 16.6. The Morgan fingerprint density at radius 3 is 2.33 bits per heavy atom. The third kappa shape index (κ3) is 7.25. The fraction of sp³-hybridized carbons (Fsp3) is 0.212. The van der Waals surface area contributed by atoms with Crippen molar-refractivity contribution in [2.45, 2.75) is 48.5 Å². The smallest absolute Gasteiger partial charge is 0.387 e. The van der Waals surface area contributed by atoms with Crippen molar-refractivity contribution in [1.82, 2.24) is 15.3 Å². The molecule has 2 aromatic heterocycles. The lowest BCUT2D eigenvalue weighted by molar-refractivity contribution is -0.137. The number of pyridine rings is 1. The zero-order valence-electron chi connectivity index (χ0n) is 23.8. The Balaban J connectivity index is 1.05. The molecule has 1 unspecified atom stereocenters. The van der Waals surface area contributed by atoms with Crippen LogP contribution in [-0.4, -0.2) is 35.6 Å². The molecule has 0 spiro atoms. The van der Waals surface area contributed by atoms with Gasteiger partial charge in [0.1, 0.15) is 5.01 Å². The van der Waals surface area contributed by atoms with Crippen molar-refractivity contribution in [3.05, 3.63) is 119 Å². The highest BCUT2D eigenvalue weighted by Gasteiger charge is 2.31. The van der Waals surface area contributed by atoms with Gasteiger partial charge >= 0.3 is 6.18 Å². The molecule has 0 amide bonds. The first-order valence-electron chi connectivity index (χ1n) is 14.2. The highest BCUT2D eigenvalue weighted by molar-refractivity contribution is 7.92. The van der Waals surface area contributed by atoms with Crippen LogP contribution in [0.3, 0.4) is 0 Å². The van der Waals surface area contributed by atoms with E-state index in [2.05, 4.69) is 20.0 Å². The van der Waals surface area contributed by atoms with Crippen molar-refractivity contribution in [2.24, 2.45) is 0 Å². The maximum Gasteiger partial charge on any atom is 0.416 e. The first-order chi connectivity index (χ1) is 21.5. The van der Waals surface area contributed by atoms with Crippen LogP contribution in [0.15, 0.2) is 108 Å². The molecule has 7 nitrogen and oxygen atoms in total. The van der Waals surface area contributed by atoms with Gasteiger partial charge in [-0.1, -0.05) is 42.5 Å². The summed E-state index contributed by atoms with van der Waals surface area (Å²) in [6.45, 7) is 0. The van der Waals surface area contributed by atoms with Gasteiger partial charge in [-0.25, -0.2) is 13.4 Å². The molecule has 0 aliphatic carbocycles. The number of alkyl halides is 3. The Bertz CT molecular complexity index is 1850. The van der Waals surface area contributed by atoms with Crippen LogP contribution in [-0.2, 0) is 22.6 Å². The van der Waals surface area contributed by atoms with Gasteiger partial charge in [0.25, 0.3) is 10.0 Å². The zero-order chi connectivity index (χ0) is 31.6. The first kappa shape index (κ1) is 30.9. The summed E-state index contributed by atoms with van der Waals surface area (Å²) >= 11 is 1.32. The number of aliphatic hydroxyl groups is 1. The van der Waals surface area contributed by atoms with E-state index in [1.54, 1.807) is 42.0 Å². The van der Waals surface area contributed by atoms with Gasteiger partial charge in [0, 0.05) is 52.2 Å². The molecule has 3 atom stereocenters. The molecule has 0 saturated carbocycles. The third-order valence-electron chi connectivity index (χ3n) is 7.79. The van der Waals surface area contributed by atoms with Crippen LogP contribution in [0.2, 0.25) is 0 Å².